The van der Waals surface area contributed by atoms with Gasteiger partial charge in [0.05, 0.1) is 11.7 Å². The van der Waals surface area contributed by atoms with Crippen LogP contribution < -0.4 is 5.32 Å². The molecule has 0 amide bonds. The number of hydrogen-bond donors (Lipinski definition) is 1. The summed E-state index contributed by atoms with van der Waals surface area (Å²) in [4.78, 5) is 0. The molecule has 0 fully saturated rings. The van der Waals surface area contributed by atoms with Crippen LogP contribution in [0.15, 0.2) is 16.5 Å². The smallest absolute Gasteiger partial charge is 0.130 e. The number of rotatable bonds is 6. The highest BCUT2D eigenvalue weighted by Crippen LogP contribution is 2.26. The molecule has 0 aliphatic carbocycles. The average Bonchev–Trinajstić information content (AvgIpc) is 2.93. The second-order valence-corrected chi connectivity index (χ2v) is 5.50. The number of nitrogens with zero attached hydrogens (tertiary/aromatic N) is 2. The summed E-state index contributed by atoms with van der Waals surface area (Å²) in [5, 5.41) is 8.59. The number of aromatic nitrogens is 2. The lowest BCUT2D eigenvalue weighted by Gasteiger charge is -2.16. The van der Waals surface area contributed by atoms with E-state index in [0.29, 0.717) is 5.15 Å². The maximum atomic E-state index is 6.33. The van der Waals surface area contributed by atoms with Crippen molar-refractivity contribution in [2.75, 3.05) is 6.54 Å². The van der Waals surface area contributed by atoms with Crippen LogP contribution in [0.3, 0.4) is 0 Å². The molecule has 0 spiro atoms. The molecule has 2 heterocycles. The first-order valence-electron chi connectivity index (χ1n) is 7.00. The first-order chi connectivity index (χ1) is 9.52. The molecule has 0 radical (unpaired) electrons. The molecule has 110 valence electrons. The van der Waals surface area contributed by atoms with Gasteiger partial charge in [-0.05, 0) is 45.4 Å². The van der Waals surface area contributed by atoms with Crippen molar-refractivity contribution in [1.29, 1.82) is 0 Å². The van der Waals surface area contributed by atoms with Crippen molar-refractivity contribution in [3.8, 4) is 0 Å². The fourth-order valence-corrected chi connectivity index (χ4v) is 2.59. The Kier molecular flexibility index (Phi) is 4.89. The molecule has 1 N–H and O–H groups in total. The van der Waals surface area contributed by atoms with Gasteiger partial charge in [0.2, 0.25) is 0 Å². The highest BCUT2D eigenvalue weighted by molar-refractivity contribution is 6.30. The Labute approximate surface area is 125 Å². The molecule has 1 unspecified atom stereocenters. The van der Waals surface area contributed by atoms with E-state index in [0.717, 1.165) is 42.2 Å². The predicted molar refractivity (Wildman–Crippen MR) is 81.1 cm³/mol. The zero-order chi connectivity index (χ0) is 14.7. The van der Waals surface area contributed by atoms with E-state index in [1.54, 1.807) is 4.68 Å². The van der Waals surface area contributed by atoms with Crippen LogP contribution in [0, 0.1) is 13.8 Å². The van der Waals surface area contributed by atoms with E-state index >= 15 is 0 Å². The van der Waals surface area contributed by atoms with Crippen LogP contribution in [0.4, 0.5) is 0 Å². The lowest BCUT2D eigenvalue weighted by molar-refractivity contribution is 0.398. The van der Waals surface area contributed by atoms with Crippen molar-refractivity contribution in [2.24, 2.45) is 7.05 Å². The minimum absolute atomic E-state index is 0.129. The third kappa shape index (κ3) is 3.25. The third-order valence-corrected chi connectivity index (χ3v) is 3.90. The van der Waals surface area contributed by atoms with Crippen molar-refractivity contribution in [2.45, 2.75) is 39.7 Å². The molecule has 20 heavy (non-hydrogen) atoms. The van der Waals surface area contributed by atoms with Crippen molar-refractivity contribution in [1.82, 2.24) is 15.1 Å². The molecule has 0 saturated carbocycles. The standard InChI is InChI=1S/C15H22ClN3O/c1-5-8-17-13(14-7-6-10(2)20-14)9-12-11(3)18-19(4)15(12)16/h6-7,13,17H,5,8-9H2,1-4H3. The van der Waals surface area contributed by atoms with Crippen molar-refractivity contribution in [3.05, 3.63) is 40.1 Å². The predicted octanol–water partition coefficient (Wildman–Crippen LogP) is 3.57. The zero-order valence-electron chi connectivity index (χ0n) is 12.5. The SMILES string of the molecule is CCCNC(Cc1c(C)nn(C)c1Cl)c1ccc(C)o1. The molecule has 5 heteroatoms. The van der Waals surface area contributed by atoms with Crippen LogP contribution in [0.1, 0.15) is 42.2 Å². The fourth-order valence-electron chi connectivity index (χ4n) is 2.34. The van der Waals surface area contributed by atoms with Crippen molar-refractivity contribution in [3.63, 3.8) is 0 Å². The van der Waals surface area contributed by atoms with E-state index in [-0.39, 0.29) is 6.04 Å². The first kappa shape index (κ1) is 15.1. The summed E-state index contributed by atoms with van der Waals surface area (Å²) in [6, 6.07) is 4.15. The molecule has 0 aromatic carbocycles. The summed E-state index contributed by atoms with van der Waals surface area (Å²) in [5.74, 6) is 1.88. The van der Waals surface area contributed by atoms with Crippen LogP contribution in [-0.2, 0) is 13.5 Å². The Balaban J connectivity index is 2.23. The van der Waals surface area contributed by atoms with Gasteiger partial charge in [-0.1, -0.05) is 18.5 Å². The molecular formula is C15H22ClN3O. The van der Waals surface area contributed by atoms with Crippen LogP contribution in [0.2, 0.25) is 5.15 Å². The van der Waals surface area contributed by atoms with Crippen LogP contribution in [0.25, 0.3) is 0 Å². The van der Waals surface area contributed by atoms with Gasteiger partial charge in [-0.25, -0.2) is 0 Å². The fraction of sp³-hybridized carbons (Fsp3) is 0.533. The van der Waals surface area contributed by atoms with Gasteiger partial charge in [-0.3, -0.25) is 4.68 Å². The number of furan rings is 1. The highest BCUT2D eigenvalue weighted by Gasteiger charge is 2.20. The molecule has 0 aliphatic rings. The van der Waals surface area contributed by atoms with Gasteiger partial charge in [-0.15, -0.1) is 0 Å². The molecule has 2 aromatic rings. The lowest BCUT2D eigenvalue weighted by Crippen LogP contribution is -2.24. The summed E-state index contributed by atoms with van der Waals surface area (Å²) < 4.78 is 7.49. The summed E-state index contributed by atoms with van der Waals surface area (Å²) in [6.07, 6.45) is 1.86. The largest absolute Gasteiger partial charge is 0.465 e. The third-order valence-electron chi connectivity index (χ3n) is 3.42. The maximum absolute atomic E-state index is 6.33. The molecule has 4 nitrogen and oxygen atoms in total. The Morgan fingerprint density at radius 2 is 2.15 bits per heavy atom. The molecule has 0 saturated heterocycles. The van der Waals surface area contributed by atoms with E-state index in [1.807, 2.05) is 33.0 Å². The summed E-state index contributed by atoms with van der Waals surface area (Å²) in [5.41, 5.74) is 2.06. The van der Waals surface area contributed by atoms with Crippen LogP contribution in [-0.4, -0.2) is 16.3 Å². The number of halogens is 1. The number of aryl methyl sites for hydroxylation is 3. The van der Waals surface area contributed by atoms with Crippen LogP contribution >= 0.6 is 11.6 Å². The van der Waals surface area contributed by atoms with Gasteiger partial charge >= 0.3 is 0 Å². The van der Waals surface area contributed by atoms with Gasteiger partial charge in [0, 0.05) is 12.6 Å². The summed E-state index contributed by atoms with van der Waals surface area (Å²) in [7, 11) is 1.87. The number of nitrogens with one attached hydrogen (secondary N) is 1. The average molecular weight is 296 g/mol. The molecule has 0 aliphatic heterocycles. The molecule has 1 atom stereocenters. The first-order valence-corrected chi connectivity index (χ1v) is 7.38. The molecular weight excluding hydrogens is 274 g/mol. The van der Waals surface area contributed by atoms with Gasteiger partial charge in [0.15, 0.2) is 0 Å². The highest BCUT2D eigenvalue weighted by atomic mass is 35.5. The Morgan fingerprint density at radius 3 is 2.65 bits per heavy atom. The quantitative estimate of drug-likeness (QED) is 0.886. The van der Waals surface area contributed by atoms with Crippen molar-refractivity contribution < 1.29 is 4.42 Å². The molecule has 2 aromatic heterocycles. The monoisotopic (exact) mass is 295 g/mol. The molecule has 0 bridgehead atoms. The van der Waals surface area contributed by atoms with Gasteiger partial charge < -0.3 is 9.73 Å². The second-order valence-electron chi connectivity index (χ2n) is 5.14. The number of hydrogen-bond acceptors (Lipinski definition) is 3. The topological polar surface area (TPSA) is 43.0 Å². The minimum Gasteiger partial charge on any atom is -0.465 e. The minimum atomic E-state index is 0.129. The summed E-state index contributed by atoms with van der Waals surface area (Å²) >= 11 is 6.33. The Bertz CT molecular complexity index is 574. The van der Waals surface area contributed by atoms with Gasteiger partial charge in [-0.2, -0.15) is 5.10 Å². The van der Waals surface area contributed by atoms with Crippen LogP contribution in [0.5, 0.6) is 0 Å². The Hall–Kier alpha value is -1.26. The van der Waals surface area contributed by atoms with E-state index in [4.69, 9.17) is 16.0 Å². The van der Waals surface area contributed by atoms with Gasteiger partial charge in [0.1, 0.15) is 16.7 Å². The van der Waals surface area contributed by atoms with Crippen molar-refractivity contribution >= 4 is 11.6 Å². The molecule has 2 rings (SSSR count). The Morgan fingerprint density at radius 1 is 1.40 bits per heavy atom. The maximum Gasteiger partial charge on any atom is 0.130 e. The van der Waals surface area contributed by atoms with E-state index in [1.165, 1.54) is 0 Å². The normalized spacial score (nSPS) is 12.8. The second kappa shape index (κ2) is 6.46. The van der Waals surface area contributed by atoms with E-state index in [9.17, 15) is 0 Å². The lowest BCUT2D eigenvalue weighted by atomic mass is 10.0. The van der Waals surface area contributed by atoms with E-state index < -0.39 is 0 Å². The van der Waals surface area contributed by atoms with E-state index in [2.05, 4.69) is 17.3 Å². The van der Waals surface area contributed by atoms with Gasteiger partial charge in [0.25, 0.3) is 0 Å². The zero-order valence-corrected chi connectivity index (χ0v) is 13.3. The summed E-state index contributed by atoms with van der Waals surface area (Å²) in [6.45, 7) is 7.05.